The summed E-state index contributed by atoms with van der Waals surface area (Å²) in [5.41, 5.74) is 1.19. The van der Waals surface area contributed by atoms with E-state index in [0.29, 0.717) is 50.5 Å². The SMILES string of the molecule is COCCCN1C(=O)C(C)(C)Oc2ccc(N(C(=O)[C@H]3CNC[C@@H](C(=O)NC4(c5ccncc5)CCCC4)C3)C3CC3)cc21. The molecule has 2 N–H and O–H groups in total. The fraction of sp³-hybridized carbons (Fsp3) is 0.588. The number of piperidine rings is 1. The van der Waals surface area contributed by atoms with E-state index in [0.717, 1.165) is 49.8 Å². The zero-order valence-electron chi connectivity index (χ0n) is 26.1. The van der Waals surface area contributed by atoms with E-state index in [2.05, 4.69) is 15.6 Å². The summed E-state index contributed by atoms with van der Waals surface area (Å²) in [4.78, 5) is 49.2. The first kappa shape index (κ1) is 30.5. The van der Waals surface area contributed by atoms with Gasteiger partial charge in [0.1, 0.15) is 5.75 Å². The Kier molecular flexibility index (Phi) is 8.66. The van der Waals surface area contributed by atoms with E-state index in [9.17, 15) is 14.4 Å². The van der Waals surface area contributed by atoms with Crippen molar-refractivity contribution in [2.45, 2.75) is 82.4 Å². The van der Waals surface area contributed by atoms with Gasteiger partial charge in [-0.2, -0.15) is 0 Å². The van der Waals surface area contributed by atoms with E-state index < -0.39 is 5.60 Å². The molecule has 1 aromatic carbocycles. The van der Waals surface area contributed by atoms with E-state index in [-0.39, 0.29) is 41.1 Å². The Labute approximate surface area is 259 Å². The molecule has 3 heterocycles. The number of hydrogen-bond acceptors (Lipinski definition) is 7. The Balaban J connectivity index is 1.20. The number of carbonyl (C=O) groups is 3. The fourth-order valence-corrected chi connectivity index (χ4v) is 7.15. The molecular weight excluding hydrogens is 558 g/mol. The molecule has 4 aliphatic rings. The summed E-state index contributed by atoms with van der Waals surface area (Å²) in [5.74, 6) is -0.0796. The maximum absolute atomic E-state index is 14.2. The summed E-state index contributed by atoms with van der Waals surface area (Å²) in [6, 6.07) is 9.84. The number of methoxy groups -OCH3 is 1. The highest BCUT2D eigenvalue weighted by Gasteiger charge is 2.44. The second-order valence-corrected chi connectivity index (χ2v) is 13.3. The number of nitrogens with one attached hydrogen (secondary N) is 2. The third-order valence-electron chi connectivity index (χ3n) is 9.64. The number of nitrogens with zero attached hydrogens (tertiary/aromatic N) is 3. The van der Waals surface area contributed by atoms with Gasteiger partial charge in [-0.15, -0.1) is 0 Å². The third-order valence-corrected chi connectivity index (χ3v) is 9.64. The molecule has 1 aromatic heterocycles. The van der Waals surface area contributed by atoms with E-state index >= 15 is 0 Å². The number of benzene rings is 1. The highest BCUT2D eigenvalue weighted by molar-refractivity contribution is 6.04. The van der Waals surface area contributed by atoms with Crippen molar-refractivity contribution in [3.05, 3.63) is 48.3 Å². The lowest BCUT2D eigenvalue weighted by Gasteiger charge is -2.40. The summed E-state index contributed by atoms with van der Waals surface area (Å²) in [6.07, 6.45) is 10.6. The zero-order chi connectivity index (χ0) is 30.9. The van der Waals surface area contributed by atoms with Crippen molar-refractivity contribution < 1.29 is 23.9 Å². The number of aromatic nitrogens is 1. The van der Waals surface area contributed by atoms with Crippen LogP contribution >= 0.6 is 0 Å². The van der Waals surface area contributed by atoms with Crippen molar-refractivity contribution in [3.63, 3.8) is 0 Å². The van der Waals surface area contributed by atoms with Gasteiger partial charge < -0.3 is 29.9 Å². The van der Waals surface area contributed by atoms with Crippen molar-refractivity contribution in [1.82, 2.24) is 15.6 Å². The van der Waals surface area contributed by atoms with Crippen LogP contribution in [0.15, 0.2) is 42.7 Å². The van der Waals surface area contributed by atoms with Crippen molar-refractivity contribution in [3.8, 4) is 5.75 Å². The molecule has 236 valence electrons. The van der Waals surface area contributed by atoms with Crippen molar-refractivity contribution >= 4 is 29.1 Å². The maximum atomic E-state index is 14.2. The van der Waals surface area contributed by atoms with Crippen molar-refractivity contribution in [1.29, 1.82) is 0 Å². The van der Waals surface area contributed by atoms with Gasteiger partial charge in [0.2, 0.25) is 11.8 Å². The molecule has 2 saturated carbocycles. The first-order valence-electron chi connectivity index (χ1n) is 16.1. The molecule has 2 aromatic rings. The number of amides is 3. The third kappa shape index (κ3) is 6.06. The Morgan fingerprint density at radius 1 is 1.11 bits per heavy atom. The van der Waals surface area contributed by atoms with Crippen LogP contribution in [0.3, 0.4) is 0 Å². The lowest BCUT2D eigenvalue weighted by molar-refractivity contribution is -0.132. The van der Waals surface area contributed by atoms with Crippen LogP contribution in [0, 0.1) is 11.8 Å². The molecule has 1 saturated heterocycles. The Morgan fingerprint density at radius 2 is 1.84 bits per heavy atom. The molecule has 2 aliphatic heterocycles. The summed E-state index contributed by atoms with van der Waals surface area (Å²) in [7, 11) is 1.65. The zero-order valence-corrected chi connectivity index (χ0v) is 26.1. The molecular formula is C34H45N5O5. The van der Waals surface area contributed by atoms with Gasteiger partial charge in [-0.05, 0) is 88.3 Å². The van der Waals surface area contributed by atoms with Crippen LogP contribution in [-0.4, -0.2) is 67.7 Å². The lowest BCUT2D eigenvalue weighted by atomic mass is 9.85. The highest BCUT2D eigenvalue weighted by atomic mass is 16.5. The van der Waals surface area contributed by atoms with Gasteiger partial charge in [-0.1, -0.05) is 12.8 Å². The van der Waals surface area contributed by atoms with Gasteiger partial charge >= 0.3 is 0 Å². The van der Waals surface area contributed by atoms with E-state index in [1.54, 1.807) is 38.3 Å². The quantitative estimate of drug-likeness (QED) is 0.396. The molecule has 2 atom stereocenters. The largest absolute Gasteiger partial charge is 0.476 e. The maximum Gasteiger partial charge on any atom is 0.270 e. The second kappa shape index (κ2) is 12.5. The predicted molar refractivity (Wildman–Crippen MR) is 167 cm³/mol. The number of ether oxygens (including phenoxy) is 2. The van der Waals surface area contributed by atoms with E-state index in [1.165, 1.54) is 0 Å². The van der Waals surface area contributed by atoms with Crippen LogP contribution in [0.5, 0.6) is 5.75 Å². The summed E-state index contributed by atoms with van der Waals surface area (Å²) in [6.45, 7) is 5.69. The van der Waals surface area contributed by atoms with Gasteiger partial charge in [-0.25, -0.2) is 0 Å². The van der Waals surface area contributed by atoms with Crippen LogP contribution in [0.2, 0.25) is 0 Å². The molecule has 44 heavy (non-hydrogen) atoms. The number of rotatable bonds is 10. The van der Waals surface area contributed by atoms with E-state index in [1.807, 2.05) is 35.2 Å². The molecule has 0 spiro atoms. The smallest absolute Gasteiger partial charge is 0.270 e. The molecule has 3 fully saturated rings. The second-order valence-electron chi connectivity index (χ2n) is 13.3. The number of anilines is 2. The minimum absolute atomic E-state index is 0.00504. The van der Waals surface area contributed by atoms with Gasteiger partial charge in [0.25, 0.3) is 5.91 Å². The number of pyridine rings is 1. The predicted octanol–water partition coefficient (Wildman–Crippen LogP) is 3.93. The first-order chi connectivity index (χ1) is 21.2. The lowest BCUT2D eigenvalue weighted by Crippen LogP contribution is -2.53. The van der Waals surface area contributed by atoms with Gasteiger partial charge in [0.15, 0.2) is 5.60 Å². The molecule has 10 heteroatoms. The van der Waals surface area contributed by atoms with Gasteiger partial charge in [0, 0.05) is 57.5 Å². The van der Waals surface area contributed by atoms with Crippen LogP contribution < -0.4 is 25.2 Å². The summed E-state index contributed by atoms with van der Waals surface area (Å²) in [5, 5.41) is 6.80. The fourth-order valence-electron chi connectivity index (χ4n) is 7.15. The Hall–Kier alpha value is -3.50. The molecule has 6 rings (SSSR count). The Morgan fingerprint density at radius 3 is 2.55 bits per heavy atom. The minimum Gasteiger partial charge on any atom is -0.476 e. The first-order valence-corrected chi connectivity index (χ1v) is 16.1. The van der Waals surface area contributed by atoms with Gasteiger partial charge in [-0.3, -0.25) is 19.4 Å². The van der Waals surface area contributed by atoms with Crippen LogP contribution in [0.1, 0.15) is 70.8 Å². The van der Waals surface area contributed by atoms with Crippen LogP contribution in [0.4, 0.5) is 11.4 Å². The average Bonchev–Trinajstić information content (AvgIpc) is 3.75. The molecule has 0 radical (unpaired) electrons. The van der Waals surface area contributed by atoms with Crippen LogP contribution in [-0.2, 0) is 24.7 Å². The number of carbonyl (C=O) groups excluding carboxylic acids is 3. The standard InChI is InChI=1S/C34H45N5O5/c1-33(2)32(42)38(17-6-18-43-3)28-20-27(9-10-29(28)44-33)39(26-7-8-26)31(41)24-19-23(21-36-22-24)30(40)37-34(13-4-5-14-34)25-11-15-35-16-12-25/h9-12,15-16,20,23-24,26,36H,4-8,13-14,17-19,21-22H2,1-3H3,(H,37,40)/t23-,24+/m0/s1. The molecule has 10 nitrogen and oxygen atoms in total. The van der Waals surface area contributed by atoms with E-state index in [4.69, 9.17) is 9.47 Å². The number of hydrogen-bond donors (Lipinski definition) is 2. The van der Waals surface area contributed by atoms with Crippen LogP contribution in [0.25, 0.3) is 0 Å². The Bertz CT molecular complexity index is 1370. The van der Waals surface area contributed by atoms with Gasteiger partial charge in [0.05, 0.1) is 23.1 Å². The minimum atomic E-state index is -0.981. The highest BCUT2D eigenvalue weighted by Crippen LogP contribution is 2.43. The summed E-state index contributed by atoms with van der Waals surface area (Å²) >= 11 is 0. The molecule has 3 amide bonds. The number of fused-ring (bicyclic) bond motifs is 1. The van der Waals surface area contributed by atoms with Crippen molar-refractivity contribution in [2.75, 3.05) is 43.2 Å². The molecule has 0 bridgehead atoms. The van der Waals surface area contributed by atoms with Crippen molar-refractivity contribution in [2.24, 2.45) is 11.8 Å². The topological polar surface area (TPSA) is 113 Å². The average molecular weight is 604 g/mol. The monoisotopic (exact) mass is 603 g/mol. The molecule has 0 unspecified atom stereocenters. The summed E-state index contributed by atoms with van der Waals surface area (Å²) < 4.78 is 11.3. The molecule has 2 aliphatic carbocycles. The normalized spacial score (nSPS) is 23.9.